The van der Waals surface area contributed by atoms with Gasteiger partial charge in [-0.1, -0.05) is 94.1 Å². The molecule has 2 unspecified atom stereocenters. The molecule has 2 aromatic carbocycles. The largest absolute Gasteiger partial charge is 0.490 e. The number of nitrogens with one attached hydrogen (secondary N) is 2. The van der Waals surface area contributed by atoms with Gasteiger partial charge in [0.15, 0.2) is 0 Å². The van der Waals surface area contributed by atoms with Crippen molar-refractivity contribution in [3.05, 3.63) is 65.7 Å². The average Bonchev–Trinajstić information content (AvgIpc) is 3.57. The van der Waals surface area contributed by atoms with E-state index in [1.54, 1.807) is 77.4 Å². The summed E-state index contributed by atoms with van der Waals surface area (Å²) in [6.45, 7) is 7.50. The molecule has 2 aromatic rings. The van der Waals surface area contributed by atoms with Crippen molar-refractivity contribution in [3.63, 3.8) is 0 Å². The van der Waals surface area contributed by atoms with E-state index >= 15 is 0 Å². The summed E-state index contributed by atoms with van der Waals surface area (Å²) in [5, 5.41) is 15.3. The second kappa shape index (κ2) is 26.4. The van der Waals surface area contributed by atoms with Crippen molar-refractivity contribution in [2.75, 3.05) is 65.5 Å². The van der Waals surface area contributed by atoms with Crippen LogP contribution in [0.4, 0.5) is 0 Å². The number of amides is 2. The Labute approximate surface area is 340 Å². The second-order valence-electron chi connectivity index (χ2n) is 12.8. The first-order valence-electron chi connectivity index (χ1n) is 17.7. The molecule has 0 bridgehead atoms. The summed E-state index contributed by atoms with van der Waals surface area (Å²) in [4.78, 5) is 37.0. The molecule has 0 saturated carbocycles. The summed E-state index contributed by atoms with van der Waals surface area (Å²) in [6.07, 6.45) is 1.38. The third-order valence-electron chi connectivity index (χ3n) is 7.13. The van der Waals surface area contributed by atoms with Crippen molar-refractivity contribution in [2.45, 2.75) is 61.0 Å². The van der Waals surface area contributed by atoms with Crippen LogP contribution in [0.5, 0.6) is 5.75 Å². The van der Waals surface area contributed by atoms with E-state index < -0.39 is 23.6 Å². The highest BCUT2D eigenvalue weighted by Crippen LogP contribution is 2.38. The Bertz CT molecular complexity index is 1520. The van der Waals surface area contributed by atoms with Gasteiger partial charge in [-0.15, -0.1) is 0 Å². The zero-order valence-electron chi connectivity index (χ0n) is 31.6. The molecule has 55 heavy (non-hydrogen) atoms. The lowest BCUT2D eigenvalue weighted by molar-refractivity contribution is -0.126. The first-order chi connectivity index (χ1) is 26.5. The number of benzene rings is 2. The number of hydrogen-bond donors (Lipinski definition) is 4. The highest BCUT2D eigenvalue weighted by atomic mass is 33.1. The summed E-state index contributed by atoms with van der Waals surface area (Å²) in [7, 11) is 7.79. The van der Waals surface area contributed by atoms with Gasteiger partial charge in [-0.3, -0.25) is 9.59 Å². The molecule has 0 spiro atoms. The maximum atomic E-state index is 12.4. The minimum atomic E-state index is -0.559. The van der Waals surface area contributed by atoms with Gasteiger partial charge in [0.05, 0.1) is 38.0 Å². The SMILES string of the molecule is CSS[C@H](COC(=O)c1ccccc1)O[C@@H]1C[C@H]([B]C#CCNC(=O)COCCOC(COc2cccc(C(=O)NCCN)c2)SSC(C)(C)C)OC1CO. The number of ether oxygens (including phenoxy) is 6. The quantitative estimate of drug-likeness (QED) is 0.0300. The van der Waals surface area contributed by atoms with E-state index in [-0.39, 0.29) is 74.2 Å². The monoisotopic (exact) mass is 836 g/mol. The Morgan fingerprint density at radius 2 is 1.82 bits per heavy atom. The molecule has 0 aliphatic carbocycles. The summed E-state index contributed by atoms with van der Waals surface area (Å²) in [5.74, 6) is 5.35. The topological polar surface area (TPSA) is 177 Å². The van der Waals surface area contributed by atoms with Crippen LogP contribution in [0.3, 0.4) is 0 Å². The molecular weight excluding hydrogens is 785 g/mol. The summed E-state index contributed by atoms with van der Waals surface area (Å²) in [6, 6.07) is 15.3. The van der Waals surface area contributed by atoms with Crippen LogP contribution in [0.25, 0.3) is 0 Å². The molecule has 18 heteroatoms. The van der Waals surface area contributed by atoms with Crippen molar-refractivity contribution < 1.29 is 47.9 Å². The summed E-state index contributed by atoms with van der Waals surface area (Å²) in [5.41, 5.74) is 5.62. The molecule has 301 valence electrons. The van der Waals surface area contributed by atoms with Gasteiger partial charge in [-0.25, -0.2) is 4.79 Å². The highest BCUT2D eigenvalue weighted by molar-refractivity contribution is 8.77. The number of rotatable bonds is 24. The Balaban J connectivity index is 1.34. The molecule has 2 amide bonds. The van der Waals surface area contributed by atoms with E-state index in [4.69, 9.17) is 34.2 Å². The van der Waals surface area contributed by atoms with Gasteiger partial charge in [0, 0.05) is 29.4 Å². The molecular formula is C37H51BN3O10S4. The molecule has 0 aromatic heterocycles. The standard InChI is InChI=1S/C37H51BN3O10S4/c1-37(2,3)55-54-33(24-48-28-13-8-12-27(20-28)35(44)41-17-15-39)47-19-18-46-23-32(43)40-16-9-14-38-31-21-29(30(22-42)50-31)51-34(53-52-4)25-49-36(45)26-10-6-5-7-11-26/h5-8,10-13,20,29-31,33-34,42H,15-19,21-25,39H2,1-4H3,(H,40,43)(H,41,44)/t29-,30?,31-,33?,34-/m1/s1. The molecule has 1 aliphatic heterocycles. The van der Waals surface area contributed by atoms with Crippen LogP contribution in [0, 0.1) is 11.7 Å². The van der Waals surface area contributed by atoms with Crippen LogP contribution in [0.15, 0.2) is 54.6 Å². The number of esters is 1. The first-order valence-corrected chi connectivity index (χ1v) is 22.5. The lowest BCUT2D eigenvalue weighted by Crippen LogP contribution is -2.32. The Morgan fingerprint density at radius 3 is 2.55 bits per heavy atom. The molecule has 1 fully saturated rings. The fourth-order valence-corrected chi connectivity index (χ4v) is 8.30. The van der Waals surface area contributed by atoms with Crippen LogP contribution < -0.4 is 21.1 Å². The molecule has 13 nitrogen and oxygen atoms in total. The average molecular weight is 837 g/mol. The lowest BCUT2D eigenvalue weighted by atomic mass is 9.71. The molecule has 3 rings (SSSR count). The summed E-state index contributed by atoms with van der Waals surface area (Å²) < 4.78 is 35.0. The third-order valence-corrected chi connectivity index (χ3v) is 12.5. The second-order valence-corrected chi connectivity index (χ2v) is 18.6. The molecule has 5 atom stereocenters. The zero-order valence-corrected chi connectivity index (χ0v) is 34.8. The minimum absolute atomic E-state index is 0.00992. The molecule has 1 heterocycles. The van der Waals surface area contributed by atoms with Crippen LogP contribution in [-0.2, 0) is 28.5 Å². The zero-order chi connectivity index (χ0) is 39.9. The van der Waals surface area contributed by atoms with Crippen molar-refractivity contribution >= 4 is 68.2 Å². The van der Waals surface area contributed by atoms with E-state index in [2.05, 4.69) is 43.1 Å². The Kier molecular flexibility index (Phi) is 22.4. The number of nitrogens with two attached hydrogens (primary N) is 1. The van der Waals surface area contributed by atoms with Gasteiger partial charge < -0.3 is 49.9 Å². The number of aliphatic hydroxyl groups is 1. The van der Waals surface area contributed by atoms with Crippen LogP contribution in [0.1, 0.15) is 47.9 Å². The maximum absolute atomic E-state index is 12.4. The van der Waals surface area contributed by atoms with Crippen molar-refractivity contribution in [2.24, 2.45) is 5.73 Å². The number of aliphatic hydroxyl groups excluding tert-OH is 1. The fourth-order valence-electron chi connectivity index (χ4n) is 4.63. The maximum Gasteiger partial charge on any atom is 0.338 e. The van der Waals surface area contributed by atoms with E-state index in [0.29, 0.717) is 36.4 Å². The van der Waals surface area contributed by atoms with Crippen LogP contribution >= 0.6 is 43.2 Å². The first kappa shape index (κ1) is 46.8. The van der Waals surface area contributed by atoms with Crippen molar-refractivity contribution in [1.82, 2.24) is 10.6 Å². The van der Waals surface area contributed by atoms with E-state index in [9.17, 15) is 19.5 Å². The lowest BCUT2D eigenvalue weighted by Gasteiger charge is -2.23. The van der Waals surface area contributed by atoms with Gasteiger partial charge >= 0.3 is 5.97 Å². The number of carbonyl (C=O) groups is 3. The highest BCUT2D eigenvalue weighted by Gasteiger charge is 2.37. The van der Waals surface area contributed by atoms with E-state index in [1.165, 1.54) is 21.6 Å². The van der Waals surface area contributed by atoms with Crippen molar-refractivity contribution in [3.8, 4) is 17.5 Å². The van der Waals surface area contributed by atoms with Crippen LogP contribution in [0.2, 0.25) is 0 Å². The van der Waals surface area contributed by atoms with Gasteiger partial charge in [0.25, 0.3) is 13.2 Å². The normalized spacial score (nSPS) is 17.7. The number of hydrogen-bond acceptors (Lipinski definition) is 15. The van der Waals surface area contributed by atoms with E-state index in [0.717, 1.165) is 0 Å². The van der Waals surface area contributed by atoms with Crippen LogP contribution in [-0.4, -0.2) is 130 Å². The predicted octanol–water partition coefficient (Wildman–Crippen LogP) is 3.76. The Morgan fingerprint density at radius 1 is 1.04 bits per heavy atom. The summed E-state index contributed by atoms with van der Waals surface area (Å²) >= 11 is 0. The Hall–Kier alpha value is -2.57. The number of carbonyl (C=O) groups excluding carboxylic acids is 3. The minimum Gasteiger partial charge on any atom is -0.490 e. The fraction of sp³-hybridized carbons (Fsp3) is 0.541. The van der Waals surface area contributed by atoms with Crippen molar-refractivity contribution in [1.29, 1.82) is 0 Å². The van der Waals surface area contributed by atoms with Gasteiger partial charge in [0.1, 0.15) is 42.5 Å². The smallest absolute Gasteiger partial charge is 0.338 e. The van der Waals surface area contributed by atoms with E-state index in [1.807, 2.05) is 12.3 Å². The molecule has 1 aliphatic rings. The third kappa shape index (κ3) is 19.4. The molecule has 5 N–H and O–H groups in total. The predicted molar refractivity (Wildman–Crippen MR) is 222 cm³/mol. The molecule has 1 radical (unpaired) electrons. The van der Waals surface area contributed by atoms with Gasteiger partial charge in [0.2, 0.25) is 5.91 Å². The molecule has 1 saturated heterocycles. The van der Waals surface area contributed by atoms with Gasteiger partial charge in [-0.05, 0) is 43.0 Å². The van der Waals surface area contributed by atoms with Gasteiger partial charge in [-0.2, -0.15) is 5.82 Å².